The molecule has 2 rings (SSSR count). The van der Waals surface area contributed by atoms with Gasteiger partial charge in [0.1, 0.15) is 5.82 Å². The van der Waals surface area contributed by atoms with Crippen molar-refractivity contribution in [2.45, 2.75) is 39.5 Å². The van der Waals surface area contributed by atoms with Crippen LogP contribution in [0.5, 0.6) is 0 Å². The monoisotopic (exact) mass is 390 g/mol. The molecule has 1 aromatic heterocycles. The molecule has 2 N–H and O–H groups in total. The number of hydrogen-bond acceptors (Lipinski definition) is 5. The van der Waals surface area contributed by atoms with E-state index in [0.717, 1.165) is 25.3 Å². The molecule has 1 atom stereocenters. The van der Waals surface area contributed by atoms with Gasteiger partial charge in [-0.15, -0.1) is 0 Å². The van der Waals surface area contributed by atoms with Gasteiger partial charge in [-0.05, 0) is 36.8 Å². The van der Waals surface area contributed by atoms with E-state index in [-0.39, 0.29) is 37.2 Å². The van der Waals surface area contributed by atoms with Gasteiger partial charge in [0.05, 0.1) is 0 Å². The Hall–Kier alpha value is -2.15. The van der Waals surface area contributed by atoms with E-state index in [1.165, 1.54) is 0 Å². The fraction of sp³-hybridized carbons (Fsp3) is 0.667. The van der Waals surface area contributed by atoms with E-state index in [1.54, 1.807) is 6.20 Å². The van der Waals surface area contributed by atoms with E-state index in [2.05, 4.69) is 29.0 Å². The van der Waals surface area contributed by atoms with Crippen LogP contribution in [-0.2, 0) is 9.59 Å². The Balaban J connectivity index is 1.67. The maximum absolute atomic E-state index is 12.4. The van der Waals surface area contributed by atoms with E-state index in [9.17, 15) is 9.59 Å². The molecule has 0 aliphatic carbocycles. The van der Waals surface area contributed by atoms with Crippen LogP contribution in [0.4, 0.5) is 5.82 Å². The molecular weight excluding hydrogens is 356 g/mol. The molecule has 0 bridgehead atoms. The van der Waals surface area contributed by atoms with Gasteiger partial charge in [0.15, 0.2) is 0 Å². The first-order chi connectivity index (χ1) is 13.5. The number of aliphatic hydroxyl groups is 1. The fourth-order valence-electron chi connectivity index (χ4n) is 3.60. The average Bonchev–Trinajstić information content (AvgIpc) is 2.71. The normalized spacial score (nSPS) is 15.6. The topological polar surface area (TPSA) is 85.8 Å². The maximum Gasteiger partial charge on any atom is 0.223 e. The quantitative estimate of drug-likeness (QED) is 0.635. The van der Waals surface area contributed by atoms with E-state index < -0.39 is 0 Å². The maximum atomic E-state index is 12.4. The predicted molar refractivity (Wildman–Crippen MR) is 110 cm³/mol. The molecule has 1 aliphatic rings. The third kappa shape index (κ3) is 7.46. The third-order valence-electron chi connectivity index (χ3n) is 5.10. The fourth-order valence-corrected chi connectivity index (χ4v) is 3.60. The Kier molecular flexibility index (Phi) is 9.20. The second kappa shape index (κ2) is 11.6. The molecule has 0 spiro atoms. The Morgan fingerprint density at radius 3 is 2.54 bits per heavy atom. The van der Waals surface area contributed by atoms with Gasteiger partial charge in [-0.1, -0.05) is 19.9 Å². The first-order valence-corrected chi connectivity index (χ1v) is 10.3. The lowest BCUT2D eigenvalue weighted by atomic mass is 9.94. The van der Waals surface area contributed by atoms with Crippen LogP contribution < -0.4 is 10.2 Å². The number of nitrogens with one attached hydrogen (secondary N) is 1. The summed E-state index contributed by atoms with van der Waals surface area (Å²) in [5.74, 6) is 1.69. The third-order valence-corrected chi connectivity index (χ3v) is 5.10. The summed E-state index contributed by atoms with van der Waals surface area (Å²) in [6.07, 6.45) is 3.90. The Labute approximate surface area is 168 Å². The zero-order chi connectivity index (χ0) is 20.4. The SMILES string of the molecule is CC(C)C[C@H](CCO)CNC(=O)CCC(=O)N1CCN(c2ccccn2)CC1. The van der Waals surface area contributed by atoms with E-state index in [0.29, 0.717) is 32.0 Å². The van der Waals surface area contributed by atoms with Crippen molar-refractivity contribution in [3.8, 4) is 0 Å². The molecule has 1 aromatic rings. The predicted octanol–water partition coefficient (Wildman–Crippen LogP) is 1.67. The van der Waals surface area contributed by atoms with E-state index >= 15 is 0 Å². The molecule has 1 saturated heterocycles. The van der Waals surface area contributed by atoms with Crippen LogP contribution in [0.2, 0.25) is 0 Å². The van der Waals surface area contributed by atoms with Gasteiger partial charge >= 0.3 is 0 Å². The second-order valence-electron chi connectivity index (χ2n) is 7.87. The number of amides is 2. The number of carbonyl (C=O) groups excluding carboxylic acids is 2. The Bertz CT molecular complexity index is 601. The minimum atomic E-state index is -0.0906. The molecule has 1 fully saturated rings. The number of nitrogens with zero attached hydrogens (tertiary/aromatic N) is 3. The van der Waals surface area contributed by atoms with Gasteiger partial charge in [-0.2, -0.15) is 0 Å². The summed E-state index contributed by atoms with van der Waals surface area (Å²) in [7, 11) is 0. The van der Waals surface area contributed by atoms with Crippen LogP contribution in [-0.4, -0.2) is 66.1 Å². The van der Waals surface area contributed by atoms with Crippen molar-refractivity contribution in [3.05, 3.63) is 24.4 Å². The first-order valence-electron chi connectivity index (χ1n) is 10.3. The van der Waals surface area contributed by atoms with Crippen molar-refractivity contribution in [2.75, 3.05) is 44.2 Å². The number of anilines is 1. The highest BCUT2D eigenvalue weighted by atomic mass is 16.3. The lowest BCUT2D eigenvalue weighted by molar-refractivity contribution is -0.133. The van der Waals surface area contributed by atoms with Crippen LogP contribution in [0.3, 0.4) is 0 Å². The van der Waals surface area contributed by atoms with Gasteiger partial charge in [0.25, 0.3) is 0 Å². The number of rotatable bonds is 10. The smallest absolute Gasteiger partial charge is 0.223 e. The van der Waals surface area contributed by atoms with Crippen molar-refractivity contribution >= 4 is 17.6 Å². The Morgan fingerprint density at radius 1 is 1.18 bits per heavy atom. The van der Waals surface area contributed by atoms with Gasteiger partial charge < -0.3 is 20.2 Å². The summed E-state index contributed by atoms with van der Waals surface area (Å²) in [5.41, 5.74) is 0. The van der Waals surface area contributed by atoms with Crippen LogP contribution in [0.15, 0.2) is 24.4 Å². The Morgan fingerprint density at radius 2 is 1.93 bits per heavy atom. The highest BCUT2D eigenvalue weighted by molar-refractivity contribution is 5.83. The minimum absolute atomic E-state index is 0.0323. The first kappa shape index (κ1) is 22.1. The summed E-state index contributed by atoms with van der Waals surface area (Å²) in [6.45, 7) is 7.80. The minimum Gasteiger partial charge on any atom is -0.396 e. The number of aliphatic hydroxyl groups excluding tert-OH is 1. The lowest BCUT2D eigenvalue weighted by Gasteiger charge is -2.35. The molecule has 0 unspecified atom stereocenters. The summed E-state index contributed by atoms with van der Waals surface area (Å²) in [5, 5.41) is 12.1. The molecule has 28 heavy (non-hydrogen) atoms. The van der Waals surface area contributed by atoms with Gasteiger partial charge in [-0.3, -0.25) is 9.59 Å². The van der Waals surface area contributed by atoms with Crippen molar-refractivity contribution in [1.82, 2.24) is 15.2 Å². The highest BCUT2D eigenvalue weighted by Crippen LogP contribution is 2.15. The van der Waals surface area contributed by atoms with Crippen molar-refractivity contribution < 1.29 is 14.7 Å². The summed E-state index contributed by atoms with van der Waals surface area (Å²) >= 11 is 0. The van der Waals surface area contributed by atoms with Crippen LogP contribution >= 0.6 is 0 Å². The highest BCUT2D eigenvalue weighted by Gasteiger charge is 2.22. The zero-order valence-corrected chi connectivity index (χ0v) is 17.1. The summed E-state index contributed by atoms with van der Waals surface area (Å²) in [4.78, 5) is 32.9. The number of pyridine rings is 1. The number of hydrogen-bond donors (Lipinski definition) is 2. The molecule has 1 aliphatic heterocycles. The molecule has 2 heterocycles. The molecular formula is C21H34N4O3. The molecule has 7 nitrogen and oxygen atoms in total. The lowest BCUT2D eigenvalue weighted by Crippen LogP contribution is -2.49. The number of piperazine rings is 1. The zero-order valence-electron chi connectivity index (χ0n) is 17.1. The molecule has 0 saturated carbocycles. The van der Waals surface area contributed by atoms with Crippen LogP contribution in [0.25, 0.3) is 0 Å². The van der Waals surface area contributed by atoms with Crippen molar-refractivity contribution in [3.63, 3.8) is 0 Å². The summed E-state index contributed by atoms with van der Waals surface area (Å²) in [6, 6.07) is 5.83. The van der Waals surface area contributed by atoms with Crippen LogP contribution in [0, 0.1) is 11.8 Å². The second-order valence-corrected chi connectivity index (χ2v) is 7.87. The van der Waals surface area contributed by atoms with E-state index in [1.807, 2.05) is 23.1 Å². The number of aromatic nitrogens is 1. The largest absolute Gasteiger partial charge is 0.396 e. The summed E-state index contributed by atoms with van der Waals surface area (Å²) < 4.78 is 0. The van der Waals surface area contributed by atoms with Crippen molar-refractivity contribution in [1.29, 1.82) is 0 Å². The molecule has 7 heteroatoms. The molecule has 0 aromatic carbocycles. The van der Waals surface area contributed by atoms with Gasteiger partial charge in [-0.25, -0.2) is 4.98 Å². The van der Waals surface area contributed by atoms with Gasteiger partial charge in [0.2, 0.25) is 11.8 Å². The molecule has 156 valence electrons. The molecule has 0 radical (unpaired) electrons. The number of carbonyl (C=O) groups is 2. The molecule has 2 amide bonds. The van der Waals surface area contributed by atoms with E-state index in [4.69, 9.17) is 5.11 Å². The van der Waals surface area contributed by atoms with Gasteiger partial charge in [0, 0.05) is 58.4 Å². The average molecular weight is 391 g/mol. The standard InChI is InChI=1S/C21H34N4O3/c1-17(2)15-18(8-14-26)16-23-20(27)6-7-21(28)25-12-10-24(11-13-25)19-5-3-4-9-22-19/h3-5,9,17-18,26H,6-8,10-16H2,1-2H3,(H,23,27)/t18-/m0/s1. The van der Waals surface area contributed by atoms with Crippen molar-refractivity contribution in [2.24, 2.45) is 11.8 Å². The van der Waals surface area contributed by atoms with Crippen LogP contribution in [0.1, 0.15) is 39.5 Å².